The van der Waals surface area contributed by atoms with Crippen molar-refractivity contribution in [2.75, 3.05) is 25.4 Å². The minimum Gasteiger partial charge on any atom is -0.317 e. The number of sulfonamides is 1. The summed E-state index contributed by atoms with van der Waals surface area (Å²) in [6.07, 6.45) is 5.33. The molecule has 0 radical (unpaired) electrons. The standard InChI is InChI=1S/C14H32N2O2S/c1-5-7-8-10-14(3,4)13-16-19(17,18)12-9-11-15-6-2/h15-16H,5-13H2,1-4H3. The Bertz CT molecular complexity index is 313. The second kappa shape index (κ2) is 9.72. The summed E-state index contributed by atoms with van der Waals surface area (Å²) >= 11 is 0. The Kier molecular flexibility index (Phi) is 9.66. The van der Waals surface area contributed by atoms with E-state index in [9.17, 15) is 8.42 Å². The molecule has 0 aliphatic rings. The van der Waals surface area contributed by atoms with Gasteiger partial charge in [-0.05, 0) is 31.3 Å². The smallest absolute Gasteiger partial charge is 0.211 e. The van der Waals surface area contributed by atoms with Crippen LogP contribution in [0.2, 0.25) is 0 Å². The first kappa shape index (κ1) is 18.9. The molecular formula is C14H32N2O2S. The Labute approximate surface area is 119 Å². The van der Waals surface area contributed by atoms with Gasteiger partial charge in [-0.25, -0.2) is 13.1 Å². The van der Waals surface area contributed by atoms with Crippen LogP contribution in [0.5, 0.6) is 0 Å². The van der Waals surface area contributed by atoms with Gasteiger partial charge in [0.2, 0.25) is 10.0 Å². The number of hydrogen-bond acceptors (Lipinski definition) is 3. The van der Waals surface area contributed by atoms with Gasteiger partial charge in [-0.3, -0.25) is 0 Å². The van der Waals surface area contributed by atoms with Crippen molar-refractivity contribution in [3.63, 3.8) is 0 Å². The van der Waals surface area contributed by atoms with Crippen LogP contribution in [0.4, 0.5) is 0 Å². The van der Waals surface area contributed by atoms with E-state index in [1.807, 2.05) is 6.92 Å². The van der Waals surface area contributed by atoms with Gasteiger partial charge in [-0.2, -0.15) is 0 Å². The lowest BCUT2D eigenvalue weighted by molar-refractivity contribution is 0.320. The minimum absolute atomic E-state index is 0.0455. The Balaban J connectivity index is 3.93. The van der Waals surface area contributed by atoms with E-state index in [4.69, 9.17) is 0 Å². The van der Waals surface area contributed by atoms with Crippen molar-refractivity contribution in [3.05, 3.63) is 0 Å². The highest BCUT2D eigenvalue weighted by Crippen LogP contribution is 2.22. The maximum atomic E-state index is 11.8. The highest BCUT2D eigenvalue weighted by atomic mass is 32.2. The summed E-state index contributed by atoms with van der Waals surface area (Å²) in [6.45, 7) is 10.6. The second-order valence-corrected chi connectivity index (χ2v) is 7.89. The summed E-state index contributed by atoms with van der Waals surface area (Å²) in [5, 5.41) is 3.14. The molecule has 0 aromatic rings. The highest BCUT2D eigenvalue weighted by Gasteiger charge is 2.20. The molecule has 0 unspecified atom stereocenters. The van der Waals surface area contributed by atoms with Crippen molar-refractivity contribution in [3.8, 4) is 0 Å². The van der Waals surface area contributed by atoms with Crippen LogP contribution in [0.25, 0.3) is 0 Å². The molecule has 0 rings (SSSR count). The largest absolute Gasteiger partial charge is 0.317 e. The average Bonchev–Trinajstić information content (AvgIpc) is 2.33. The normalized spacial score (nSPS) is 12.8. The van der Waals surface area contributed by atoms with Crippen molar-refractivity contribution in [2.24, 2.45) is 5.41 Å². The van der Waals surface area contributed by atoms with Crippen molar-refractivity contribution < 1.29 is 8.42 Å². The lowest BCUT2D eigenvalue weighted by Crippen LogP contribution is -2.36. The number of unbranched alkanes of at least 4 members (excludes halogenated alkanes) is 2. The van der Waals surface area contributed by atoms with E-state index in [0.29, 0.717) is 13.0 Å². The molecule has 0 heterocycles. The molecule has 116 valence electrons. The van der Waals surface area contributed by atoms with Crippen molar-refractivity contribution in [1.82, 2.24) is 10.0 Å². The molecular weight excluding hydrogens is 260 g/mol. The minimum atomic E-state index is -3.12. The fourth-order valence-corrected chi connectivity index (χ4v) is 3.16. The summed E-state index contributed by atoms with van der Waals surface area (Å²) in [5.41, 5.74) is 0.0455. The number of hydrogen-bond donors (Lipinski definition) is 2. The van der Waals surface area contributed by atoms with Crippen molar-refractivity contribution in [2.45, 2.75) is 59.8 Å². The quantitative estimate of drug-likeness (QED) is 0.543. The van der Waals surface area contributed by atoms with Crippen LogP contribution >= 0.6 is 0 Å². The van der Waals surface area contributed by atoms with Crippen LogP contribution in [0.15, 0.2) is 0 Å². The molecule has 0 saturated carbocycles. The first-order valence-corrected chi connectivity index (χ1v) is 9.16. The lowest BCUT2D eigenvalue weighted by atomic mass is 9.87. The van der Waals surface area contributed by atoms with Gasteiger partial charge in [0.1, 0.15) is 0 Å². The third-order valence-corrected chi connectivity index (χ3v) is 4.65. The van der Waals surface area contributed by atoms with Gasteiger partial charge in [0, 0.05) is 6.54 Å². The van der Waals surface area contributed by atoms with E-state index in [2.05, 4.69) is 30.8 Å². The molecule has 0 spiro atoms. The van der Waals surface area contributed by atoms with Gasteiger partial charge in [-0.1, -0.05) is 47.0 Å². The lowest BCUT2D eigenvalue weighted by Gasteiger charge is -2.24. The highest BCUT2D eigenvalue weighted by molar-refractivity contribution is 7.89. The monoisotopic (exact) mass is 292 g/mol. The van der Waals surface area contributed by atoms with Crippen LogP contribution < -0.4 is 10.0 Å². The molecule has 4 nitrogen and oxygen atoms in total. The summed E-state index contributed by atoms with van der Waals surface area (Å²) in [6, 6.07) is 0. The first-order valence-electron chi connectivity index (χ1n) is 7.51. The van der Waals surface area contributed by atoms with Gasteiger partial charge in [0.25, 0.3) is 0 Å². The van der Waals surface area contributed by atoms with E-state index in [-0.39, 0.29) is 11.2 Å². The zero-order valence-corrected chi connectivity index (χ0v) is 13.9. The fraction of sp³-hybridized carbons (Fsp3) is 1.00. The average molecular weight is 292 g/mol. The van der Waals surface area contributed by atoms with Crippen LogP contribution in [0.1, 0.15) is 59.8 Å². The van der Waals surface area contributed by atoms with Gasteiger partial charge in [0.05, 0.1) is 5.75 Å². The molecule has 2 N–H and O–H groups in total. The zero-order valence-electron chi connectivity index (χ0n) is 13.1. The molecule has 0 atom stereocenters. The van der Waals surface area contributed by atoms with E-state index in [0.717, 1.165) is 19.5 Å². The molecule has 0 bridgehead atoms. The first-order chi connectivity index (χ1) is 8.83. The van der Waals surface area contributed by atoms with E-state index < -0.39 is 10.0 Å². The van der Waals surface area contributed by atoms with Crippen LogP contribution in [-0.4, -0.2) is 33.8 Å². The predicted molar refractivity (Wildman–Crippen MR) is 82.9 cm³/mol. The Morgan fingerprint density at radius 1 is 1.05 bits per heavy atom. The van der Waals surface area contributed by atoms with Gasteiger partial charge < -0.3 is 5.32 Å². The van der Waals surface area contributed by atoms with Crippen LogP contribution in [0, 0.1) is 5.41 Å². The Hall–Kier alpha value is -0.130. The molecule has 0 aliphatic heterocycles. The number of nitrogens with one attached hydrogen (secondary N) is 2. The predicted octanol–water partition coefficient (Wildman–Crippen LogP) is 2.51. The van der Waals surface area contributed by atoms with E-state index in [1.54, 1.807) is 0 Å². The van der Waals surface area contributed by atoms with Gasteiger partial charge in [0.15, 0.2) is 0 Å². The summed E-state index contributed by atoms with van der Waals surface area (Å²) in [5.74, 6) is 0.213. The van der Waals surface area contributed by atoms with Gasteiger partial charge in [-0.15, -0.1) is 0 Å². The third-order valence-electron chi connectivity index (χ3n) is 3.24. The molecule has 0 aromatic heterocycles. The Morgan fingerprint density at radius 3 is 2.32 bits per heavy atom. The van der Waals surface area contributed by atoms with Crippen LogP contribution in [0.3, 0.4) is 0 Å². The third kappa shape index (κ3) is 11.4. The fourth-order valence-electron chi connectivity index (χ4n) is 1.88. The summed E-state index contributed by atoms with van der Waals surface area (Å²) in [7, 11) is -3.12. The number of rotatable bonds is 12. The second-order valence-electron chi connectivity index (χ2n) is 5.97. The SMILES string of the molecule is CCCCCC(C)(C)CNS(=O)(=O)CCCNCC. The molecule has 5 heteroatoms. The molecule has 19 heavy (non-hydrogen) atoms. The van der Waals surface area contributed by atoms with Crippen molar-refractivity contribution in [1.29, 1.82) is 0 Å². The molecule has 0 fully saturated rings. The topological polar surface area (TPSA) is 58.2 Å². The van der Waals surface area contributed by atoms with Gasteiger partial charge >= 0.3 is 0 Å². The van der Waals surface area contributed by atoms with E-state index in [1.165, 1.54) is 19.3 Å². The summed E-state index contributed by atoms with van der Waals surface area (Å²) < 4.78 is 26.4. The zero-order chi connectivity index (χ0) is 14.8. The molecule has 0 aliphatic carbocycles. The van der Waals surface area contributed by atoms with Crippen LogP contribution in [-0.2, 0) is 10.0 Å². The molecule has 0 aromatic carbocycles. The Morgan fingerprint density at radius 2 is 1.74 bits per heavy atom. The molecule has 0 saturated heterocycles. The maximum Gasteiger partial charge on any atom is 0.211 e. The van der Waals surface area contributed by atoms with Crippen molar-refractivity contribution >= 4 is 10.0 Å². The molecule has 0 amide bonds. The maximum absolute atomic E-state index is 11.8. The summed E-state index contributed by atoms with van der Waals surface area (Å²) in [4.78, 5) is 0. The van der Waals surface area contributed by atoms with E-state index >= 15 is 0 Å².